The molecule has 8 heteroatoms. The summed E-state index contributed by atoms with van der Waals surface area (Å²) in [5.41, 5.74) is 8.77. The molecule has 1 amide bonds. The Balaban J connectivity index is 1.71. The van der Waals surface area contributed by atoms with Crippen LogP contribution in [0.25, 0.3) is 11.3 Å². The number of nitrogens with zero attached hydrogens (tertiary/aromatic N) is 4. The second-order valence-electron chi connectivity index (χ2n) is 5.80. The maximum Gasteiger partial charge on any atom is 0.260 e. The number of rotatable bonds is 2. The number of anilines is 1. The van der Waals surface area contributed by atoms with E-state index in [-0.39, 0.29) is 11.9 Å². The van der Waals surface area contributed by atoms with Crippen molar-refractivity contribution in [3.05, 3.63) is 58.1 Å². The van der Waals surface area contributed by atoms with Crippen LogP contribution in [0, 0.1) is 6.92 Å². The van der Waals surface area contributed by atoms with Gasteiger partial charge >= 0.3 is 0 Å². The first-order valence-electron chi connectivity index (χ1n) is 7.65. The van der Waals surface area contributed by atoms with Crippen LogP contribution in [0.4, 0.5) is 5.95 Å². The van der Waals surface area contributed by atoms with E-state index in [0.717, 1.165) is 11.3 Å². The standard InChI is InChI=1S/C17H14ClN5O2/c1-9-14(15(22-25-9)11-4-2-3-5-12(11)18)16(24)23-7-10-6-20-17(19)21-13(10)8-23/h2-6H,7-8H2,1H3,(H2,19,20,21). The van der Waals surface area contributed by atoms with Crippen LogP contribution in [0.5, 0.6) is 0 Å². The van der Waals surface area contributed by atoms with E-state index in [4.69, 9.17) is 21.9 Å². The number of carbonyl (C=O) groups excluding carboxylic acids is 1. The lowest BCUT2D eigenvalue weighted by Crippen LogP contribution is -2.26. The van der Waals surface area contributed by atoms with E-state index in [1.54, 1.807) is 30.2 Å². The van der Waals surface area contributed by atoms with Crippen LogP contribution >= 0.6 is 11.6 Å². The zero-order valence-corrected chi connectivity index (χ0v) is 14.1. The number of carbonyl (C=O) groups is 1. The van der Waals surface area contributed by atoms with Gasteiger partial charge in [0.25, 0.3) is 5.91 Å². The highest BCUT2D eigenvalue weighted by Crippen LogP contribution is 2.33. The Bertz CT molecular complexity index is 985. The van der Waals surface area contributed by atoms with Crippen LogP contribution in [0.15, 0.2) is 35.0 Å². The molecule has 0 aliphatic carbocycles. The van der Waals surface area contributed by atoms with Crippen molar-refractivity contribution in [3.8, 4) is 11.3 Å². The summed E-state index contributed by atoms with van der Waals surface area (Å²) in [5, 5.41) is 4.56. The molecule has 0 saturated carbocycles. The number of hydrogen-bond acceptors (Lipinski definition) is 6. The minimum Gasteiger partial charge on any atom is -0.368 e. The van der Waals surface area contributed by atoms with E-state index in [9.17, 15) is 4.79 Å². The van der Waals surface area contributed by atoms with Crippen LogP contribution in [0.3, 0.4) is 0 Å². The average molecular weight is 356 g/mol. The van der Waals surface area contributed by atoms with Gasteiger partial charge in [-0.25, -0.2) is 9.97 Å². The van der Waals surface area contributed by atoms with Gasteiger partial charge in [0.15, 0.2) is 0 Å². The molecule has 0 radical (unpaired) electrons. The highest BCUT2D eigenvalue weighted by atomic mass is 35.5. The van der Waals surface area contributed by atoms with Gasteiger partial charge in [0, 0.05) is 23.9 Å². The van der Waals surface area contributed by atoms with Gasteiger partial charge in [-0.2, -0.15) is 0 Å². The van der Waals surface area contributed by atoms with E-state index in [1.807, 2.05) is 12.1 Å². The lowest BCUT2D eigenvalue weighted by molar-refractivity contribution is 0.0749. The molecule has 2 N–H and O–H groups in total. The van der Waals surface area contributed by atoms with Crippen molar-refractivity contribution < 1.29 is 9.32 Å². The van der Waals surface area contributed by atoms with Gasteiger partial charge in [0.05, 0.1) is 17.3 Å². The summed E-state index contributed by atoms with van der Waals surface area (Å²) >= 11 is 6.26. The van der Waals surface area contributed by atoms with Crippen molar-refractivity contribution in [1.82, 2.24) is 20.0 Å². The van der Waals surface area contributed by atoms with Crippen molar-refractivity contribution in [2.45, 2.75) is 20.0 Å². The van der Waals surface area contributed by atoms with Crippen LogP contribution in [-0.4, -0.2) is 25.9 Å². The summed E-state index contributed by atoms with van der Waals surface area (Å²) < 4.78 is 5.28. The average Bonchev–Trinajstić information content (AvgIpc) is 3.18. The fraction of sp³-hybridized carbons (Fsp3) is 0.176. The first kappa shape index (κ1) is 15.6. The summed E-state index contributed by atoms with van der Waals surface area (Å²) in [5.74, 6) is 0.456. The minimum atomic E-state index is -0.190. The number of nitrogens with two attached hydrogens (primary N) is 1. The number of amides is 1. The number of halogens is 1. The van der Waals surface area contributed by atoms with E-state index in [2.05, 4.69) is 15.1 Å². The highest BCUT2D eigenvalue weighted by molar-refractivity contribution is 6.33. The monoisotopic (exact) mass is 355 g/mol. The van der Waals surface area contributed by atoms with Gasteiger partial charge in [-0.1, -0.05) is 35.0 Å². The summed E-state index contributed by atoms with van der Waals surface area (Å²) in [6.45, 7) is 2.50. The number of fused-ring (bicyclic) bond motifs is 1. The molecular weight excluding hydrogens is 342 g/mol. The van der Waals surface area contributed by atoms with Crippen LogP contribution in [0.1, 0.15) is 27.4 Å². The zero-order valence-electron chi connectivity index (χ0n) is 13.4. The molecule has 25 heavy (non-hydrogen) atoms. The topological polar surface area (TPSA) is 98.1 Å². The Hall–Kier alpha value is -2.93. The predicted molar refractivity (Wildman–Crippen MR) is 91.7 cm³/mol. The minimum absolute atomic E-state index is 0.190. The molecule has 0 bridgehead atoms. The summed E-state index contributed by atoms with van der Waals surface area (Å²) in [6.07, 6.45) is 1.65. The Labute approximate surface area is 148 Å². The molecule has 126 valence electrons. The highest BCUT2D eigenvalue weighted by Gasteiger charge is 2.31. The van der Waals surface area contributed by atoms with E-state index >= 15 is 0 Å². The second-order valence-corrected chi connectivity index (χ2v) is 6.21. The number of benzene rings is 1. The van der Waals surface area contributed by atoms with Gasteiger partial charge in [-0.05, 0) is 13.0 Å². The smallest absolute Gasteiger partial charge is 0.260 e. The molecule has 0 atom stereocenters. The lowest BCUT2D eigenvalue weighted by Gasteiger charge is -2.15. The first-order valence-corrected chi connectivity index (χ1v) is 8.03. The summed E-state index contributed by atoms with van der Waals surface area (Å²) in [6, 6.07) is 7.21. The van der Waals surface area contributed by atoms with Crippen molar-refractivity contribution in [2.24, 2.45) is 0 Å². The van der Waals surface area contributed by atoms with Gasteiger partial charge in [-0.15, -0.1) is 0 Å². The molecular formula is C17H14ClN5O2. The quantitative estimate of drug-likeness (QED) is 0.759. The molecule has 1 aliphatic heterocycles. The lowest BCUT2D eigenvalue weighted by atomic mass is 10.1. The van der Waals surface area contributed by atoms with Crippen molar-refractivity contribution in [3.63, 3.8) is 0 Å². The normalized spacial score (nSPS) is 13.1. The molecule has 3 heterocycles. The van der Waals surface area contributed by atoms with E-state index in [1.165, 1.54) is 0 Å². The number of aromatic nitrogens is 3. The number of aryl methyl sites for hydroxylation is 1. The maximum atomic E-state index is 13.1. The Morgan fingerprint density at radius 2 is 2.12 bits per heavy atom. The van der Waals surface area contributed by atoms with Gasteiger partial charge in [-0.3, -0.25) is 4.79 Å². The van der Waals surface area contributed by atoms with Crippen LogP contribution in [-0.2, 0) is 13.1 Å². The molecule has 0 saturated heterocycles. The first-order chi connectivity index (χ1) is 12.0. The fourth-order valence-electron chi connectivity index (χ4n) is 2.93. The largest absolute Gasteiger partial charge is 0.368 e. The van der Waals surface area contributed by atoms with Gasteiger partial charge in [0.2, 0.25) is 5.95 Å². The number of hydrogen-bond donors (Lipinski definition) is 1. The predicted octanol–water partition coefficient (Wildman–Crippen LogP) is 2.83. The molecule has 0 spiro atoms. The molecule has 2 aromatic heterocycles. The summed E-state index contributed by atoms with van der Waals surface area (Å²) in [7, 11) is 0. The van der Waals surface area contributed by atoms with E-state index in [0.29, 0.717) is 40.7 Å². The molecule has 0 unspecified atom stereocenters. The van der Waals surface area contributed by atoms with Crippen LogP contribution < -0.4 is 5.73 Å². The molecule has 1 aliphatic rings. The molecule has 1 aromatic carbocycles. The van der Waals surface area contributed by atoms with Crippen molar-refractivity contribution in [1.29, 1.82) is 0 Å². The Morgan fingerprint density at radius 3 is 2.92 bits per heavy atom. The third-order valence-electron chi connectivity index (χ3n) is 4.17. The van der Waals surface area contributed by atoms with Crippen LogP contribution in [0.2, 0.25) is 5.02 Å². The number of nitrogen functional groups attached to an aromatic ring is 1. The summed E-state index contributed by atoms with van der Waals surface area (Å²) in [4.78, 5) is 22.9. The van der Waals surface area contributed by atoms with Crippen molar-refractivity contribution >= 4 is 23.5 Å². The SMILES string of the molecule is Cc1onc(-c2ccccc2Cl)c1C(=O)N1Cc2cnc(N)nc2C1. The Morgan fingerprint density at radius 1 is 1.32 bits per heavy atom. The maximum absolute atomic E-state index is 13.1. The second kappa shape index (κ2) is 5.86. The zero-order chi connectivity index (χ0) is 17.6. The van der Waals surface area contributed by atoms with Crippen molar-refractivity contribution in [2.75, 3.05) is 5.73 Å². The molecule has 7 nitrogen and oxygen atoms in total. The molecule has 3 aromatic rings. The molecule has 4 rings (SSSR count). The third kappa shape index (κ3) is 2.62. The molecule has 0 fully saturated rings. The van der Waals surface area contributed by atoms with E-state index < -0.39 is 0 Å². The Kier molecular flexibility index (Phi) is 3.65. The van der Waals surface area contributed by atoms with Gasteiger partial charge in [0.1, 0.15) is 17.0 Å². The van der Waals surface area contributed by atoms with Gasteiger partial charge < -0.3 is 15.2 Å². The third-order valence-corrected chi connectivity index (χ3v) is 4.50. The fourth-order valence-corrected chi connectivity index (χ4v) is 3.16.